The minimum absolute atomic E-state index is 0.0519. The molecule has 10 nitrogen and oxygen atoms in total. The van der Waals surface area contributed by atoms with Crippen molar-refractivity contribution in [3.8, 4) is 11.5 Å². The van der Waals surface area contributed by atoms with Gasteiger partial charge >= 0.3 is 0 Å². The summed E-state index contributed by atoms with van der Waals surface area (Å²) < 4.78 is 56.6. The molecule has 12 heteroatoms. The number of carbonyl (C=O) groups excluding carboxylic acids is 2. The van der Waals surface area contributed by atoms with Gasteiger partial charge in [-0.05, 0) is 66.6 Å². The average molecular weight is 600 g/mol. The molecule has 1 N–H and O–H groups in total. The molecular weight excluding hydrogens is 565 g/mol. The predicted octanol–water partition coefficient (Wildman–Crippen LogP) is 2.97. The number of nitrogens with zero attached hydrogens (tertiary/aromatic N) is 2. The Morgan fingerprint density at radius 2 is 1.55 bits per heavy atom. The van der Waals surface area contributed by atoms with Crippen LogP contribution in [0.25, 0.3) is 0 Å². The average Bonchev–Trinajstić information content (AvgIpc) is 3.02. The highest BCUT2D eigenvalue weighted by Crippen LogP contribution is 2.21. The molecule has 1 aliphatic rings. The van der Waals surface area contributed by atoms with E-state index in [9.17, 15) is 22.4 Å². The number of ether oxygens (including phenoxy) is 3. The first kappa shape index (κ1) is 30.9. The molecule has 0 aliphatic carbocycles. The number of rotatable bonds is 12. The molecule has 0 bridgehead atoms. The third-order valence-corrected chi connectivity index (χ3v) is 8.77. The van der Waals surface area contributed by atoms with Crippen molar-refractivity contribution >= 4 is 21.8 Å². The Balaban J connectivity index is 1.41. The molecule has 1 unspecified atom stereocenters. The molecule has 0 radical (unpaired) electrons. The maximum absolute atomic E-state index is 13.5. The molecule has 42 heavy (non-hydrogen) atoms. The molecule has 3 aromatic carbocycles. The minimum atomic E-state index is -3.67. The van der Waals surface area contributed by atoms with E-state index in [1.54, 1.807) is 38.3 Å². The molecule has 224 valence electrons. The zero-order valence-corrected chi connectivity index (χ0v) is 24.3. The lowest BCUT2D eigenvalue weighted by molar-refractivity contribution is -0.142. The normalized spacial score (nSPS) is 14.5. The third kappa shape index (κ3) is 8.05. The number of benzene rings is 3. The molecule has 1 aliphatic heterocycles. The van der Waals surface area contributed by atoms with Crippen LogP contribution in [0, 0.1) is 5.82 Å². The van der Waals surface area contributed by atoms with E-state index in [2.05, 4.69) is 5.32 Å². The van der Waals surface area contributed by atoms with Gasteiger partial charge in [0.05, 0.1) is 25.2 Å². The first-order valence-electron chi connectivity index (χ1n) is 13.4. The quantitative estimate of drug-likeness (QED) is 0.341. The summed E-state index contributed by atoms with van der Waals surface area (Å²) in [5.74, 6) is -0.273. The molecule has 0 aromatic heterocycles. The minimum Gasteiger partial charge on any atom is -0.497 e. The standard InChI is InChI=1S/C30H34FN3O7S/c1-22(30(36)32-19-23-5-9-26(39-2)10-6-23)34(20-24-3-7-25(31)8-4-24)29(35)21-41-27-11-13-28(14-12-27)42(37,38)33-15-17-40-18-16-33/h3-14,22H,15-21H2,1-2H3,(H,32,36). The molecule has 0 saturated carbocycles. The summed E-state index contributed by atoms with van der Waals surface area (Å²) in [5.41, 5.74) is 1.49. The Hall–Kier alpha value is -4.00. The highest BCUT2D eigenvalue weighted by atomic mass is 32.2. The smallest absolute Gasteiger partial charge is 0.261 e. The number of halogens is 1. The van der Waals surface area contributed by atoms with Crippen molar-refractivity contribution in [3.05, 3.63) is 89.7 Å². The molecule has 3 aromatic rings. The van der Waals surface area contributed by atoms with Gasteiger partial charge in [-0.25, -0.2) is 12.8 Å². The van der Waals surface area contributed by atoms with Crippen LogP contribution < -0.4 is 14.8 Å². The molecule has 1 saturated heterocycles. The summed E-state index contributed by atoms with van der Waals surface area (Å²) in [7, 11) is -2.10. The highest BCUT2D eigenvalue weighted by Gasteiger charge is 2.28. The van der Waals surface area contributed by atoms with Gasteiger partial charge in [0.2, 0.25) is 15.9 Å². The second-order valence-corrected chi connectivity index (χ2v) is 11.6. The summed E-state index contributed by atoms with van der Waals surface area (Å²) in [6, 6.07) is 17.9. The Labute approximate surface area is 245 Å². The number of nitrogens with one attached hydrogen (secondary N) is 1. The van der Waals surface area contributed by atoms with Crippen molar-refractivity contribution < 1.29 is 36.6 Å². The second-order valence-electron chi connectivity index (χ2n) is 9.67. The SMILES string of the molecule is COc1ccc(CNC(=O)C(C)N(Cc2ccc(F)cc2)C(=O)COc2ccc(S(=O)(=O)N3CCOCC3)cc2)cc1. The zero-order chi connectivity index (χ0) is 30.1. The lowest BCUT2D eigenvalue weighted by Crippen LogP contribution is -2.48. The van der Waals surface area contributed by atoms with Crippen molar-refractivity contribution in [2.75, 3.05) is 40.0 Å². The van der Waals surface area contributed by atoms with Crippen LogP contribution in [-0.2, 0) is 37.4 Å². The van der Waals surface area contributed by atoms with E-state index in [0.29, 0.717) is 30.3 Å². The Morgan fingerprint density at radius 3 is 2.17 bits per heavy atom. The van der Waals surface area contributed by atoms with E-state index in [-0.39, 0.29) is 37.0 Å². The van der Waals surface area contributed by atoms with E-state index in [4.69, 9.17) is 14.2 Å². The van der Waals surface area contributed by atoms with Crippen molar-refractivity contribution in [2.24, 2.45) is 0 Å². The molecule has 0 spiro atoms. The van der Waals surface area contributed by atoms with Gasteiger partial charge in [-0.1, -0.05) is 24.3 Å². The van der Waals surface area contributed by atoms with Crippen LogP contribution in [0.3, 0.4) is 0 Å². The molecule has 1 fully saturated rings. The van der Waals surface area contributed by atoms with Gasteiger partial charge in [0.25, 0.3) is 5.91 Å². The van der Waals surface area contributed by atoms with Crippen molar-refractivity contribution in [2.45, 2.75) is 31.0 Å². The highest BCUT2D eigenvalue weighted by molar-refractivity contribution is 7.89. The molecule has 4 rings (SSSR count). The fourth-order valence-electron chi connectivity index (χ4n) is 4.32. The second kappa shape index (κ2) is 14.3. The summed E-state index contributed by atoms with van der Waals surface area (Å²) in [6.07, 6.45) is 0. The first-order chi connectivity index (χ1) is 20.2. The van der Waals surface area contributed by atoms with Gasteiger partial charge in [0, 0.05) is 26.2 Å². The maximum Gasteiger partial charge on any atom is 0.261 e. The lowest BCUT2D eigenvalue weighted by Gasteiger charge is -2.29. The lowest BCUT2D eigenvalue weighted by atomic mass is 10.1. The van der Waals surface area contributed by atoms with Gasteiger partial charge in [-0.3, -0.25) is 9.59 Å². The van der Waals surface area contributed by atoms with Crippen molar-refractivity contribution in [1.29, 1.82) is 0 Å². The Bertz CT molecular complexity index is 1440. The molecule has 1 heterocycles. The van der Waals surface area contributed by atoms with E-state index < -0.39 is 34.4 Å². The molecule has 1 atom stereocenters. The monoisotopic (exact) mass is 599 g/mol. The van der Waals surface area contributed by atoms with E-state index in [1.807, 2.05) is 12.1 Å². The summed E-state index contributed by atoms with van der Waals surface area (Å²) >= 11 is 0. The van der Waals surface area contributed by atoms with Crippen LogP contribution in [0.1, 0.15) is 18.1 Å². The van der Waals surface area contributed by atoms with Crippen LogP contribution in [0.5, 0.6) is 11.5 Å². The first-order valence-corrected chi connectivity index (χ1v) is 14.9. The fraction of sp³-hybridized carbons (Fsp3) is 0.333. The van der Waals surface area contributed by atoms with E-state index in [1.165, 1.54) is 45.6 Å². The van der Waals surface area contributed by atoms with Crippen LogP contribution in [0.2, 0.25) is 0 Å². The zero-order valence-electron chi connectivity index (χ0n) is 23.5. The Morgan fingerprint density at radius 1 is 0.952 bits per heavy atom. The van der Waals surface area contributed by atoms with Crippen LogP contribution in [0.4, 0.5) is 4.39 Å². The van der Waals surface area contributed by atoms with Gasteiger partial charge in [0.15, 0.2) is 6.61 Å². The van der Waals surface area contributed by atoms with Gasteiger partial charge in [-0.15, -0.1) is 0 Å². The van der Waals surface area contributed by atoms with Gasteiger partial charge in [0.1, 0.15) is 23.4 Å². The number of amides is 2. The Kier molecular flexibility index (Phi) is 10.5. The summed E-state index contributed by atoms with van der Waals surface area (Å²) in [5, 5.41) is 2.84. The van der Waals surface area contributed by atoms with Crippen LogP contribution in [-0.4, -0.2) is 75.5 Å². The number of methoxy groups -OCH3 is 1. The fourth-order valence-corrected chi connectivity index (χ4v) is 5.73. The predicted molar refractivity (Wildman–Crippen MR) is 153 cm³/mol. The molecule has 2 amide bonds. The summed E-state index contributed by atoms with van der Waals surface area (Å²) in [4.78, 5) is 27.9. The molecular formula is C30H34FN3O7S. The number of sulfonamides is 1. The number of hydrogen-bond donors (Lipinski definition) is 1. The van der Waals surface area contributed by atoms with Crippen molar-refractivity contribution in [1.82, 2.24) is 14.5 Å². The van der Waals surface area contributed by atoms with Crippen molar-refractivity contribution in [3.63, 3.8) is 0 Å². The third-order valence-electron chi connectivity index (χ3n) is 6.85. The number of hydrogen-bond acceptors (Lipinski definition) is 7. The van der Waals surface area contributed by atoms with Gasteiger partial charge < -0.3 is 24.4 Å². The maximum atomic E-state index is 13.5. The topological polar surface area (TPSA) is 114 Å². The van der Waals surface area contributed by atoms with Crippen LogP contribution in [0.15, 0.2) is 77.7 Å². The number of morpholine rings is 1. The van der Waals surface area contributed by atoms with Crippen LogP contribution >= 0.6 is 0 Å². The van der Waals surface area contributed by atoms with E-state index in [0.717, 1.165) is 5.56 Å². The summed E-state index contributed by atoms with van der Waals surface area (Å²) in [6.45, 7) is 2.76. The van der Waals surface area contributed by atoms with Gasteiger partial charge in [-0.2, -0.15) is 4.31 Å². The van der Waals surface area contributed by atoms with E-state index >= 15 is 0 Å². The largest absolute Gasteiger partial charge is 0.497 e. The number of carbonyl (C=O) groups is 2.